The van der Waals surface area contributed by atoms with Crippen LogP contribution in [-0.2, 0) is 6.42 Å². The molecule has 0 spiro atoms. The minimum atomic E-state index is 0.334. The lowest BCUT2D eigenvalue weighted by Gasteiger charge is -2.25. The molecule has 17 heavy (non-hydrogen) atoms. The Hall–Kier alpha value is -0.770. The molecule has 0 saturated carbocycles. The topological polar surface area (TPSA) is 35.5 Å². The van der Waals surface area contributed by atoms with E-state index in [9.17, 15) is 5.11 Å². The van der Waals surface area contributed by atoms with E-state index >= 15 is 0 Å². The van der Waals surface area contributed by atoms with E-state index in [1.165, 1.54) is 5.56 Å². The van der Waals surface area contributed by atoms with Gasteiger partial charge in [0.1, 0.15) is 5.75 Å². The largest absolute Gasteiger partial charge is 0.508 e. The summed E-state index contributed by atoms with van der Waals surface area (Å²) in [4.78, 5) is 4.85. The van der Waals surface area contributed by atoms with Gasteiger partial charge >= 0.3 is 0 Å². The van der Waals surface area contributed by atoms with Crippen LogP contribution in [-0.4, -0.2) is 36.7 Å². The van der Waals surface area contributed by atoms with Gasteiger partial charge in [-0.15, -0.1) is 0 Å². The van der Waals surface area contributed by atoms with Crippen molar-refractivity contribution in [1.29, 1.82) is 0 Å². The molecule has 4 heteroatoms. The average molecular weight is 257 g/mol. The maximum absolute atomic E-state index is 9.52. The Labute approximate surface area is 109 Å². The van der Waals surface area contributed by atoms with E-state index in [1.807, 2.05) is 40.1 Å². The van der Waals surface area contributed by atoms with Crippen LogP contribution >= 0.6 is 11.8 Å². The molecule has 0 fully saturated rings. The Kier molecular flexibility index (Phi) is 5.25. The predicted octanol–water partition coefficient (Wildman–Crippen LogP) is 2.23. The van der Waals surface area contributed by atoms with Gasteiger partial charge < -0.3 is 10.0 Å². The highest BCUT2D eigenvalue weighted by Gasteiger charge is 2.15. The van der Waals surface area contributed by atoms with Gasteiger partial charge in [-0.2, -0.15) is 0 Å². The number of hydrogen-bond acceptors (Lipinski definition) is 3. The molecule has 0 aromatic heterocycles. The van der Waals surface area contributed by atoms with Crippen molar-refractivity contribution in [2.45, 2.75) is 26.3 Å². The maximum atomic E-state index is 9.52. The van der Waals surface area contributed by atoms with E-state index in [1.54, 1.807) is 0 Å². The number of phenols is 1. The van der Waals surface area contributed by atoms with Gasteiger partial charge in [0, 0.05) is 12.6 Å². The zero-order valence-corrected chi connectivity index (χ0v) is 11.7. The van der Waals surface area contributed by atoms with Gasteiger partial charge in [0.15, 0.2) is 0 Å². The van der Waals surface area contributed by atoms with Crippen molar-refractivity contribution < 1.29 is 5.11 Å². The van der Waals surface area contributed by atoms with Crippen molar-refractivity contribution >= 4 is 11.8 Å². The third kappa shape index (κ3) is 3.87. The molecule has 2 N–H and O–H groups in total. The molecule has 0 radical (unpaired) electrons. The molecule has 0 aliphatic rings. The number of rotatable bonds is 5. The zero-order chi connectivity index (χ0) is 13.0. The molecule has 0 aliphatic carbocycles. The van der Waals surface area contributed by atoms with Crippen LogP contribution < -0.4 is 4.84 Å². The third-order valence-electron chi connectivity index (χ3n) is 3.16. The molecule has 0 unspecified atom stereocenters. The van der Waals surface area contributed by atoms with Crippen molar-refractivity contribution in [3.05, 3.63) is 28.8 Å². The highest BCUT2D eigenvalue weighted by Crippen LogP contribution is 2.22. The number of aryl methyl sites for hydroxylation is 2. The number of likely N-dealkylation sites (N-methyl/N-ethyl adjacent to an activating group) is 1. The Bertz CT molecular complexity index is 357. The molecule has 0 saturated heterocycles. The Morgan fingerprint density at radius 2 is 1.82 bits per heavy atom. The van der Waals surface area contributed by atoms with Gasteiger partial charge in [-0.1, -0.05) is 0 Å². The van der Waals surface area contributed by atoms with E-state index in [0.717, 1.165) is 24.1 Å². The maximum Gasteiger partial charge on any atom is 0.116 e. The number of aromatic hydroxyl groups is 1. The number of phenolic OH excluding ortho intramolecular Hbond substituents is 1. The van der Waals surface area contributed by atoms with Gasteiger partial charge in [0.25, 0.3) is 0 Å². The first-order valence-electron chi connectivity index (χ1n) is 5.74. The van der Waals surface area contributed by atoms with Crippen LogP contribution in [0.5, 0.6) is 5.75 Å². The molecule has 0 amide bonds. The number of benzene rings is 1. The van der Waals surface area contributed by atoms with Crippen LogP contribution in [0.4, 0.5) is 0 Å². The van der Waals surface area contributed by atoms with Crippen molar-refractivity contribution in [3.8, 4) is 5.75 Å². The first-order chi connectivity index (χ1) is 7.95. The highest BCUT2D eigenvalue weighted by molar-refractivity contribution is 6.13. The molecule has 1 aromatic carbocycles. The number of halogens is 1. The van der Waals surface area contributed by atoms with Gasteiger partial charge in [-0.3, -0.25) is 0 Å². The van der Waals surface area contributed by atoms with Crippen molar-refractivity contribution in [2.75, 3.05) is 20.6 Å². The summed E-state index contributed by atoms with van der Waals surface area (Å²) in [6, 6.07) is 3.96. The van der Waals surface area contributed by atoms with Crippen LogP contribution in [0.1, 0.15) is 16.7 Å². The summed E-state index contributed by atoms with van der Waals surface area (Å²) < 4.78 is 0. The molecular formula is C13H21ClN2O. The second-order valence-electron chi connectivity index (χ2n) is 4.72. The summed E-state index contributed by atoms with van der Waals surface area (Å²) in [7, 11) is 4.09. The molecule has 0 heterocycles. The average Bonchev–Trinajstić information content (AvgIpc) is 2.21. The van der Waals surface area contributed by atoms with E-state index in [4.69, 9.17) is 11.8 Å². The monoisotopic (exact) mass is 256 g/mol. The van der Waals surface area contributed by atoms with E-state index in [-0.39, 0.29) is 0 Å². The lowest BCUT2D eigenvalue weighted by atomic mass is 9.95. The summed E-state index contributed by atoms with van der Waals surface area (Å²) in [5.74, 6) is 0.334. The fourth-order valence-electron chi connectivity index (χ4n) is 2.05. The smallest absolute Gasteiger partial charge is 0.116 e. The molecule has 1 atom stereocenters. The van der Waals surface area contributed by atoms with Crippen LogP contribution in [0.25, 0.3) is 0 Å². The fraction of sp³-hybridized carbons (Fsp3) is 0.538. The van der Waals surface area contributed by atoms with Crippen molar-refractivity contribution in [3.63, 3.8) is 0 Å². The van der Waals surface area contributed by atoms with Crippen LogP contribution in [0.15, 0.2) is 12.1 Å². The van der Waals surface area contributed by atoms with Crippen LogP contribution in [0.2, 0.25) is 0 Å². The molecular weight excluding hydrogens is 236 g/mol. The second kappa shape index (κ2) is 6.24. The lowest BCUT2D eigenvalue weighted by molar-refractivity contribution is 0.292. The number of nitrogens with one attached hydrogen (secondary N) is 1. The third-order valence-corrected chi connectivity index (χ3v) is 3.32. The number of nitrogens with zero attached hydrogens (tertiary/aromatic N) is 1. The summed E-state index contributed by atoms with van der Waals surface area (Å²) in [6.45, 7) is 4.79. The number of hydrogen-bond donors (Lipinski definition) is 2. The summed E-state index contributed by atoms with van der Waals surface area (Å²) in [5, 5.41) is 9.52. The van der Waals surface area contributed by atoms with E-state index in [0.29, 0.717) is 11.8 Å². The molecule has 0 bridgehead atoms. The predicted molar refractivity (Wildman–Crippen MR) is 72.6 cm³/mol. The first-order valence-corrected chi connectivity index (χ1v) is 6.12. The minimum absolute atomic E-state index is 0.334. The molecule has 1 aromatic rings. The molecule has 96 valence electrons. The SMILES string of the molecule is Cc1cc(O)cc(C)c1C[C@@H](CNCl)N(C)C. The van der Waals surface area contributed by atoms with E-state index < -0.39 is 0 Å². The second-order valence-corrected chi connectivity index (χ2v) is 4.98. The van der Waals surface area contributed by atoms with E-state index in [2.05, 4.69) is 9.74 Å². The zero-order valence-electron chi connectivity index (χ0n) is 10.9. The first kappa shape index (κ1) is 14.3. The molecule has 1 rings (SSSR count). The highest BCUT2D eigenvalue weighted by atomic mass is 35.5. The molecule has 3 nitrogen and oxygen atoms in total. The summed E-state index contributed by atoms with van der Waals surface area (Å²) in [6.07, 6.45) is 0.921. The normalized spacial score (nSPS) is 13.1. The Morgan fingerprint density at radius 1 is 1.29 bits per heavy atom. The van der Waals surface area contributed by atoms with Crippen LogP contribution in [0, 0.1) is 13.8 Å². The summed E-state index contributed by atoms with van der Waals surface area (Å²) >= 11 is 5.59. The van der Waals surface area contributed by atoms with Crippen molar-refractivity contribution in [1.82, 2.24) is 9.74 Å². The van der Waals surface area contributed by atoms with Gasteiger partial charge in [0.2, 0.25) is 0 Å². The van der Waals surface area contributed by atoms with Crippen molar-refractivity contribution in [2.24, 2.45) is 0 Å². The fourth-order valence-corrected chi connectivity index (χ4v) is 2.23. The lowest BCUT2D eigenvalue weighted by Crippen LogP contribution is -2.37. The van der Waals surface area contributed by atoms with Gasteiger partial charge in [-0.25, -0.2) is 4.84 Å². The van der Waals surface area contributed by atoms with Gasteiger partial charge in [-0.05, 0) is 75.0 Å². The molecule has 0 aliphatic heterocycles. The quantitative estimate of drug-likeness (QED) is 0.793. The summed E-state index contributed by atoms with van der Waals surface area (Å²) in [5.41, 5.74) is 3.54. The van der Waals surface area contributed by atoms with Gasteiger partial charge in [0.05, 0.1) is 0 Å². The standard InChI is InChI=1S/C13H21ClN2O/c1-9-5-12(17)6-10(2)13(9)7-11(8-15-14)16(3)4/h5-6,11,15,17H,7-8H2,1-4H3/t11-/m0/s1. The Morgan fingerprint density at radius 3 is 2.24 bits per heavy atom. The minimum Gasteiger partial charge on any atom is -0.508 e. The Balaban J connectivity index is 2.93. The van der Waals surface area contributed by atoms with Crippen LogP contribution in [0.3, 0.4) is 0 Å².